The highest BCUT2D eigenvalue weighted by Gasteiger charge is 2.31. The molecule has 3 N–H and O–H groups in total. The zero-order valence-corrected chi connectivity index (χ0v) is 14.2. The molecule has 0 aliphatic heterocycles. The number of rotatable bonds is 7. The van der Waals surface area contributed by atoms with Gasteiger partial charge in [0.05, 0.1) is 9.95 Å². The van der Waals surface area contributed by atoms with Crippen LogP contribution in [0.15, 0.2) is 23.1 Å². The second kappa shape index (κ2) is 6.91. The molecule has 0 aliphatic rings. The molecule has 0 spiro atoms. The molecule has 0 fully saturated rings. The molecule has 0 saturated heterocycles. The van der Waals surface area contributed by atoms with E-state index in [1.54, 1.807) is 6.92 Å². The van der Waals surface area contributed by atoms with Crippen LogP contribution in [0.2, 0.25) is 5.02 Å². The first-order valence-electron chi connectivity index (χ1n) is 6.69. The molecule has 0 radical (unpaired) electrons. The Balaban J connectivity index is 3.16. The quantitative estimate of drug-likeness (QED) is 0.578. The van der Waals surface area contributed by atoms with Crippen molar-refractivity contribution in [1.82, 2.24) is 4.72 Å². The maximum absolute atomic E-state index is 12.5. The second-order valence-electron chi connectivity index (χ2n) is 5.84. The minimum atomic E-state index is -3.93. The highest BCUT2D eigenvalue weighted by molar-refractivity contribution is 7.89. The number of hydrogen-bond acceptors (Lipinski definition) is 5. The molecule has 9 heteroatoms. The van der Waals surface area contributed by atoms with Gasteiger partial charge in [0.25, 0.3) is 5.69 Å². The van der Waals surface area contributed by atoms with Crippen LogP contribution in [-0.4, -0.2) is 25.4 Å². The topological polar surface area (TPSA) is 115 Å². The monoisotopic (exact) mass is 349 g/mol. The number of nitro benzene ring substituents is 1. The first-order chi connectivity index (χ1) is 10.0. The average molecular weight is 350 g/mol. The number of non-ortho nitro benzene ring substituents is 1. The molecule has 0 saturated carbocycles. The Kier molecular flexibility index (Phi) is 5.91. The van der Waals surface area contributed by atoms with E-state index in [0.29, 0.717) is 6.42 Å². The van der Waals surface area contributed by atoms with Crippen molar-refractivity contribution in [2.75, 3.05) is 6.54 Å². The Morgan fingerprint density at radius 2 is 2.05 bits per heavy atom. The number of sulfonamides is 1. The van der Waals surface area contributed by atoms with E-state index < -0.39 is 20.5 Å². The van der Waals surface area contributed by atoms with Gasteiger partial charge in [-0.05, 0) is 25.3 Å². The van der Waals surface area contributed by atoms with E-state index in [1.807, 2.05) is 13.8 Å². The predicted molar refractivity (Wildman–Crippen MR) is 85.3 cm³/mol. The number of halogens is 1. The lowest BCUT2D eigenvalue weighted by Gasteiger charge is -2.30. The zero-order chi connectivity index (χ0) is 17.1. The third-order valence-corrected chi connectivity index (χ3v) is 5.23. The molecule has 1 rings (SSSR count). The van der Waals surface area contributed by atoms with E-state index in [-0.39, 0.29) is 28.1 Å². The summed E-state index contributed by atoms with van der Waals surface area (Å²) in [7, 11) is -3.93. The third-order valence-electron chi connectivity index (χ3n) is 3.11. The molecule has 124 valence electrons. The smallest absolute Gasteiger partial charge is 0.271 e. The second-order valence-corrected chi connectivity index (χ2v) is 7.90. The maximum Gasteiger partial charge on any atom is 0.271 e. The van der Waals surface area contributed by atoms with Gasteiger partial charge in [-0.25, -0.2) is 13.1 Å². The minimum Gasteiger partial charge on any atom is -0.329 e. The molecule has 1 atom stereocenters. The highest BCUT2D eigenvalue weighted by atomic mass is 35.5. The van der Waals surface area contributed by atoms with Crippen LogP contribution < -0.4 is 10.5 Å². The molecule has 0 bridgehead atoms. The van der Waals surface area contributed by atoms with Gasteiger partial charge in [0.1, 0.15) is 4.90 Å². The van der Waals surface area contributed by atoms with Crippen molar-refractivity contribution in [2.24, 2.45) is 11.7 Å². The summed E-state index contributed by atoms with van der Waals surface area (Å²) < 4.78 is 27.5. The molecule has 7 nitrogen and oxygen atoms in total. The van der Waals surface area contributed by atoms with Crippen molar-refractivity contribution >= 4 is 27.3 Å². The number of nitrogens with zero attached hydrogens (tertiary/aromatic N) is 1. The fourth-order valence-corrected chi connectivity index (χ4v) is 4.24. The lowest BCUT2D eigenvalue weighted by molar-refractivity contribution is -0.384. The van der Waals surface area contributed by atoms with Gasteiger partial charge in [-0.2, -0.15) is 0 Å². The van der Waals surface area contributed by atoms with Gasteiger partial charge < -0.3 is 5.73 Å². The van der Waals surface area contributed by atoms with Crippen molar-refractivity contribution in [2.45, 2.75) is 37.6 Å². The summed E-state index contributed by atoms with van der Waals surface area (Å²) in [6, 6.07) is 3.23. The molecule has 0 heterocycles. The van der Waals surface area contributed by atoms with E-state index in [4.69, 9.17) is 17.3 Å². The Morgan fingerprint density at radius 3 is 2.45 bits per heavy atom. The lowest BCUT2D eigenvalue weighted by atomic mass is 9.92. The SMILES string of the molecule is CC(C)CC(C)(CN)NS(=O)(=O)c1ccc([N+](=O)[O-])cc1Cl. The molecule has 1 unspecified atom stereocenters. The first kappa shape index (κ1) is 18.8. The summed E-state index contributed by atoms with van der Waals surface area (Å²) >= 11 is 5.88. The van der Waals surface area contributed by atoms with Crippen molar-refractivity contribution in [3.63, 3.8) is 0 Å². The number of hydrogen-bond donors (Lipinski definition) is 2. The van der Waals surface area contributed by atoms with Gasteiger partial charge >= 0.3 is 0 Å². The van der Waals surface area contributed by atoms with Crippen molar-refractivity contribution < 1.29 is 13.3 Å². The van der Waals surface area contributed by atoms with Crippen molar-refractivity contribution in [3.05, 3.63) is 33.3 Å². The highest BCUT2D eigenvalue weighted by Crippen LogP contribution is 2.27. The normalized spacial score (nSPS) is 14.8. The van der Waals surface area contributed by atoms with Crippen molar-refractivity contribution in [3.8, 4) is 0 Å². The summed E-state index contributed by atoms with van der Waals surface area (Å²) in [5.74, 6) is 0.239. The van der Waals surface area contributed by atoms with Crippen LogP contribution in [0.1, 0.15) is 27.2 Å². The van der Waals surface area contributed by atoms with Crippen LogP contribution in [0.5, 0.6) is 0 Å². The van der Waals surface area contributed by atoms with Gasteiger partial charge in [-0.15, -0.1) is 0 Å². The number of nitrogens with one attached hydrogen (secondary N) is 1. The molecule has 0 amide bonds. The van der Waals surface area contributed by atoms with Crippen LogP contribution in [-0.2, 0) is 10.0 Å². The largest absolute Gasteiger partial charge is 0.329 e. The predicted octanol–water partition coefficient (Wildman–Crippen LogP) is 2.29. The van der Waals surface area contributed by atoms with Gasteiger partial charge in [0.15, 0.2) is 0 Å². The van der Waals surface area contributed by atoms with E-state index in [0.717, 1.165) is 18.2 Å². The Morgan fingerprint density at radius 1 is 1.45 bits per heavy atom. The van der Waals surface area contributed by atoms with Crippen LogP contribution in [0.4, 0.5) is 5.69 Å². The maximum atomic E-state index is 12.5. The van der Waals surface area contributed by atoms with Crippen LogP contribution >= 0.6 is 11.6 Å². The number of nitro groups is 1. The average Bonchev–Trinajstić information content (AvgIpc) is 2.36. The van der Waals surface area contributed by atoms with Crippen LogP contribution in [0, 0.1) is 16.0 Å². The lowest BCUT2D eigenvalue weighted by Crippen LogP contribution is -2.52. The summed E-state index contributed by atoms with van der Waals surface area (Å²) in [5.41, 5.74) is 4.60. The third kappa shape index (κ3) is 4.64. The molecular formula is C13H20ClN3O4S. The minimum absolute atomic E-state index is 0.120. The van der Waals surface area contributed by atoms with E-state index in [9.17, 15) is 18.5 Å². The Labute approximate surface area is 135 Å². The van der Waals surface area contributed by atoms with Crippen LogP contribution in [0.3, 0.4) is 0 Å². The van der Waals surface area contributed by atoms with Crippen LogP contribution in [0.25, 0.3) is 0 Å². The number of benzene rings is 1. The standard InChI is InChI=1S/C13H20ClN3O4S/c1-9(2)7-13(3,8-15)16-22(20,21)12-5-4-10(17(18)19)6-11(12)14/h4-6,9,16H,7-8,15H2,1-3H3. The molecule has 22 heavy (non-hydrogen) atoms. The van der Waals surface area contributed by atoms with Gasteiger partial charge in [0.2, 0.25) is 10.0 Å². The van der Waals surface area contributed by atoms with Gasteiger partial charge in [-0.3, -0.25) is 10.1 Å². The summed E-state index contributed by atoms with van der Waals surface area (Å²) in [6.07, 6.45) is 0.549. The molecule has 1 aromatic rings. The first-order valence-corrected chi connectivity index (χ1v) is 8.55. The molecular weight excluding hydrogens is 330 g/mol. The fraction of sp³-hybridized carbons (Fsp3) is 0.538. The summed E-state index contributed by atoms with van der Waals surface area (Å²) in [4.78, 5) is 9.83. The van der Waals surface area contributed by atoms with Gasteiger partial charge in [0, 0.05) is 24.2 Å². The Bertz CT molecular complexity index is 663. The van der Waals surface area contributed by atoms with E-state index in [2.05, 4.69) is 4.72 Å². The van der Waals surface area contributed by atoms with Crippen molar-refractivity contribution in [1.29, 1.82) is 0 Å². The van der Waals surface area contributed by atoms with Gasteiger partial charge in [-0.1, -0.05) is 25.4 Å². The number of nitrogens with two attached hydrogens (primary N) is 1. The zero-order valence-electron chi connectivity index (χ0n) is 12.7. The summed E-state index contributed by atoms with van der Waals surface area (Å²) in [5, 5.41) is 10.5. The Hall–Kier alpha value is -1.22. The molecule has 0 aliphatic carbocycles. The molecule has 0 aromatic heterocycles. The van der Waals surface area contributed by atoms with E-state index in [1.165, 1.54) is 0 Å². The molecule has 1 aromatic carbocycles. The van der Waals surface area contributed by atoms with E-state index >= 15 is 0 Å². The fourth-order valence-electron chi connectivity index (χ4n) is 2.27. The summed E-state index contributed by atoms with van der Waals surface area (Å²) in [6.45, 7) is 5.75.